The number of hydrogen-bond donors (Lipinski definition) is 1. The van der Waals surface area contributed by atoms with Gasteiger partial charge in [-0.2, -0.15) is 0 Å². The predicted octanol–water partition coefficient (Wildman–Crippen LogP) is 1.33. The highest BCUT2D eigenvalue weighted by Gasteiger charge is 2.22. The van der Waals surface area contributed by atoms with Crippen molar-refractivity contribution in [3.63, 3.8) is 0 Å². The largest absolute Gasteiger partial charge is 0.454 e. The lowest BCUT2D eigenvalue weighted by atomic mass is 10.2. The van der Waals surface area contributed by atoms with Crippen LogP contribution in [0.15, 0.2) is 34.0 Å². The molecular formula is C19H21N3O5. The van der Waals surface area contributed by atoms with Gasteiger partial charge in [0, 0.05) is 19.3 Å². The van der Waals surface area contributed by atoms with Gasteiger partial charge in [0.15, 0.2) is 11.5 Å². The van der Waals surface area contributed by atoms with Gasteiger partial charge in [-0.15, -0.1) is 0 Å². The molecule has 1 N–H and O–H groups in total. The molecule has 1 amide bonds. The smallest absolute Gasteiger partial charge is 0.328 e. The molecule has 2 aliphatic heterocycles. The highest BCUT2D eigenvalue weighted by atomic mass is 16.7. The van der Waals surface area contributed by atoms with Crippen LogP contribution in [0.1, 0.15) is 41.6 Å². The monoisotopic (exact) mass is 371 g/mol. The highest BCUT2D eigenvalue weighted by molar-refractivity contribution is 5.93. The van der Waals surface area contributed by atoms with Gasteiger partial charge in [0.05, 0.1) is 6.54 Å². The molecule has 27 heavy (non-hydrogen) atoms. The maximum absolute atomic E-state index is 12.8. The first-order valence-electron chi connectivity index (χ1n) is 9.14. The second-order valence-electron chi connectivity index (χ2n) is 6.79. The molecule has 8 heteroatoms. The molecule has 1 aromatic carbocycles. The van der Waals surface area contributed by atoms with Crippen LogP contribution >= 0.6 is 0 Å². The fourth-order valence-electron chi connectivity index (χ4n) is 3.47. The first-order valence-corrected chi connectivity index (χ1v) is 9.14. The Kier molecular flexibility index (Phi) is 4.70. The van der Waals surface area contributed by atoms with Crippen LogP contribution in [-0.4, -0.2) is 40.2 Å². The van der Waals surface area contributed by atoms with Crippen molar-refractivity contribution in [2.75, 3.05) is 19.9 Å². The minimum absolute atomic E-state index is 0.00255. The van der Waals surface area contributed by atoms with E-state index in [-0.39, 0.29) is 24.8 Å². The summed E-state index contributed by atoms with van der Waals surface area (Å²) in [5.74, 6) is 0.886. The van der Waals surface area contributed by atoms with Crippen molar-refractivity contribution < 1.29 is 14.3 Å². The molecule has 2 aromatic rings. The van der Waals surface area contributed by atoms with Crippen LogP contribution in [0.5, 0.6) is 11.5 Å². The lowest BCUT2D eigenvalue weighted by Crippen LogP contribution is -2.42. The van der Waals surface area contributed by atoms with E-state index >= 15 is 0 Å². The average Bonchev–Trinajstić information content (AvgIpc) is 2.96. The van der Waals surface area contributed by atoms with Gasteiger partial charge < -0.3 is 19.4 Å². The lowest BCUT2D eigenvalue weighted by molar-refractivity contribution is 0.0758. The number of rotatable bonds is 3. The summed E-state index contributed by atoms with van der Waals surface area (Å²) in [6.45, 7) is 1.48. The number of ether oxygens (including phenoxy) is 2. The molecule has 1 fully saturated rings. The summed E-state index contributed by atoms with van der Waals surface area (Å²) in [5.41, 5.74) is -0.417. The van der Waals surface area contributed by atoms with Crippen LogP contribution in [0, 0.1) is 0 Å². The molecule has 0 aliphatic carbocycles. The van der Waals surface area contributed by atoms with Crippen molar-refractivity contribution in [2.45, 2.75) is 32.2 Å². The van der Waals surface area contributed by atoms with Crippen molar-refractivity contribution in [2.24, 2.45) is 0 Å². The van der Waals surface area contributed by atoms with Crippen molar-refractivity contribution >= 4 is 5.91 Å². The maximum atomic E-state index is 12.8. The number of likely N-dealkylation sites (tertiary alicyclic amines) is 1. The summed E-state index contributed by atoms with van der Waals surface area (Å²) < 4.78 is 11.6. The second kappa shape index (κ2) is 7.30. The Bertz CT molecular complexity index is 970. The van der Waals surface area contributed by atoms with E-state index in [2.05, 4.69) is 4.98 Å². The Hall–Kier alpha value is -3.03. The summed E-state index contributed by atoms with van der Waals surface area (Å²) in [7, 11) is 0. The summed E-state index contributed by atoms with van der Waals surface area (Å²) in [5, 5.41) is 0. The first-order chi connectivity index (χ1) is 13.1. The third-order valence-corrected chi connectivity index (χ3v) is 4.96. The van der Waals surface area contributed by atoms with E-state index in [0.29, 0.717) is 30.2 Å². The van der Waals surface area contributed by atoms with E-state index in [9.17, 15) is 14.4 Å². The number of nitrogens with zero attached hydrogens (tertiary/aromatic N) is 2. The molecule has 1 saturated heterocycles. The summed E-state index contributed by atoms with van der Waals surface area (Å²) in [6, 6.07) is 5.24. The summed E-state index contributed by atoms with van der Waals surface area (Å²) >= 11 is 0. The van der Waals surface area contributed by atoms with Crippen LogP contribution < -0.4 is 20.7 Å². The fraction of sp³-hybridized carbons (Fsp3) is 0.421. The lowest BCUT2D eigenvalue weighted by Gasteiger charge is -2.20. The zero-order chi connectivity index (χ0) is 18.8. The zero-order valence-corrected chi connectivity index (χ0v) is 14.9. The van der Waals surface area contributed by atoms with Crippen LogP contribution in [0.25, 0.3) is 0 Å². The molecule has 8 nitrogen and oxygen atoms in total. The molecule has 1 aromatic heterocycles. The Morgan fingerprint density at radius 1 is 1.04 bits per heavy atom. The number of aromatic nitrogens is 2. The van der Waals surface area contributed by atoms with Crippen LogP contribution in [0.3, 0.4) is 0 Å². The summed E-state index contributed by atoms with van der Waals surface area (Å²) in [6.07, 6.45) is 5.27. The third-order valence-electron chi connectivity index (χ3n) is 4.96. The number of carbonyl (C=O) groups is 1. The molecule has 0 atom stereocenters. The second-order valence-corrected chi connectivity index (χ2v) is 6.79. The van der Waals surface area contributed by atoms with Crippen molar-refractivity contribution in [1.82, 2.24) is 14.5 Å². The third kappa shape index (κ3) is 3.47. The van der Waals surface area contributed by atoms with Gasteiger partial charge in [0.2, 0.25) is 6.79 Å². The molecule has 0 bridgehead atoms. The maximum Gasteiger partial charge on any atom is 0.328 e. The molecule has 4 rings (SSSR count). The number of H-pyrrole nitrogens is 1. The molecule has 2 aliphatic rings. The topological polar surface area (TPSA) is 93.6 Å². The normalized spacial score (nSPS) is 16.2. The van der Waals surface area contributed by atoms with Gasteiger partial charge in [-0.25, -0.2) is 4.79 Å². The van der Waals surface area contributed by atoms with Gasteiger partial charge in [0.1, 0.15) is 5.56 Å². The number of aromatic amines is 1. The van der Waals surface area contributed by atoms with Gasteiger partial charge in [0.25, 0.3) is 11.5 Å². The number of benzene rings is 1. The van der Waals surface area contributed by atoms with E-state index in [0.717, 1.165) is 30.3 Å². The SMILES string of the molecule is O=C(c1c[nH]c(=O)n(Cc2ccc3c(c2)OCO3)c1=O)N1CCCCCC1. The number of hydrogen-bond acceptors (Lipinski definition) is 5. The molecule has 0 unspecified atom stereocenters. The van der Waals surface area contributed by atoms with Gasteiger partial charge in [-0.1, -0.05) is 18.9 Å². The van der Waals surface area contributed by atoms with E-state index in [1.807, 2.05) is 0 Å². The molecule has 0 radical (unpaired) electrons. The van der Waals surface area contributed by atoms with Crippen LogP contribution in [-0.2, 0) is 6.54 Å². The Morgan fingerprint density at radius 2 is 1.78 bits per heavy atom. The Balaban J connectivity index is 1.63. The number of nitrogens with one attached hydrogen (secondary N) is 1. The predicted molar refractivity (Wildman–Crippen MR) is 97.4 cm³/mol. The van der Waals surface area contributed by atoms with Crippen molar-refractivity contribution in [3.05, 3.63) is 56.4 Å². The van der Waals surface area contributed by atoms with E-state index in [4.69, 9.17) is 9.47 Å². The Morgan fingerprint density at radius 3 is 2.56 bits per heavy atom. The van der Waals surface area contributed by atoms with E-state index < -0.39 is 11.2 Å². The first kappa shape index (κ1) is 17.4. The molecule has 142 valence electrons. The number of amides is 1. The van der Waals surface area contributed by atoms with Gasteiger partial charge >= 0.3 is 5.69 Å². The molecule has 0 saturated carbocycles. The summed E-state index contributed by atoms with van der Waals surface area (Å²) in [4.78, 5) is 42.1. The van der Waals surface area contributed by atoms with E-state index in [1.54, 1.807) is 23.1 Å². The minimum Gasteiger partial charge on any atom is -0.454 e. The molecule has 0 spiro atoms. The van der Waals surface area contributed by atoms with Crippen molar-refractivity contribution in [3.8, 4) is 11.5 Å². The van der Waals surface area contributed by atoms with Gasteiger partial charge in [-0.05, 0) is 30.5 Å². The fourth-order valence-corrected chi connectivity index (χ4v) is 3.47. The van der Waals surface area contributed by atoms with Crippen LogP contribution in [0.2, 0.25) is 0 Å². The molecular weight excluding hydrogens is 350 g/mol. The molecule has 3 heterocycles. The number of fused-ring (bicyclic) bond motifs is 1. The highest BCUT2D eigenvalue weighted by Crippen LogP contribution is 2.32. The quantitative estimate of drug-likeness (QED) is 0.879. The minimum atomic E-state index is -0.578. The van der Waals surface area contributed by atoms with Crippen molar-refractivity contribution in [1.29, 1.82) is 0 Å². The zero-order valence-electron chi connectivity index (χ0n) is 14.9. The standard InChI is InChI=1S/C19H21N3O5/c23-17(21-7-3-1-2-4-8-21)14-10-20-19(25)22(18(14)24)11-13-5-6-15-16(9-13)27-12-26-15/h5-6,9-10H,1-4,7-8,11-12H2,(H,20,25). The van der Waals surface area contributed by atoms with Gasteiger partial charge in [-0.3, -0.25) is 14.2 Å². The number of carbonyl (C=O) groups excluding carboxylic acids is 1. The Labute approximate surface area is 155 Å². The van der Waals surface area contributed by atoms with Crippen LogP contribution in [0.4, 0.5) is 0 Å². The average molecular weight is 371 g/mol. The van der Waals surface area contributed by atoms with E-state index in [1.165, 1.54) is 6.20 Å².